The van der Waals surface area contributed by atoms with Crippen molar-refractivity contribution in [3.63, 3.8) is 0 Å². The van der Waals surface area contributed by atoms with Gasteiger partial charge in [0, 0.05) is 18.3 Å². The van der Waals surface area contributed by atoms with Crippen molar-refractivity contribution in [2.24, 2.45) is 0 Å². The number of hydrogen-bond acceptors (Lipinski definition) is 3. The monoisotopic (exact) mass is 307 g/mol. The summed E-state index contributed by atoms with van der Waals surface area (Å²) in [4.78, 5) is 2.24. The second kappa shape index (κ2) is 4.54. The van der Waals surface area contributed by atoms with Crippen molar-refractivity contribution in [3.05, 3.63) is 59.7 Å². The Morgan fingerprint density at radius 2 is 1.87 bits per heavy atom. The standard InChI is InChI=1S/C20H21NO2/c1-19(2)16-7-5-6-8-17(16)21(3)20(19)12-11-14-13-15(22-4)9-10-18(14)23-20/h5-13H,1-4H3/t20-/m0/s1. The third kappa shape index (κ3) is 1.70. The quantitative estimate of drug-likeness (QED) is 0.787. The van der Waals surface area contributed by atoms with E-state index in [9.17, 15) is 0 Å². The molecule has 0 amide bonds. The van der Waals surface area contributed by atoms with E-state index in [4.69, 9.17) is 9.47 Å². The Labute approximate surface area is 137 Å². The molecule has 0 unspecified atom stereocenters. The number of likely N-dealkylation sites (N-methyl/N-ethyl adjacent to an activating group) is 1. The largest absolute Gasteiger partial charge is 0.497 e. The fourth-order valence-electron chi connectivity index (χ4n) is 3.88. The Kier molecular flexibility index (Phi) is 2.80. The minimum atomic E-state index is -0.516. The molecule has 0 saturated carbocycles. The van der Waals surface area contributed by atoms with Crippen LogP contribution in [0.1, 0.15) is 25.0 Å². The summed E-state index contributed by atoms with van der Waals surface area (Å²) >= 11 is 0. The first kappa shape index (κ1) is 14.2. The summed E-state index contributed by atoms with van der Waals surface area (Å²) in [5, 5.41) is 0. The maximum absolute atomic E-state index is 6.57. The van der Waals surface area contributed by atoms with E-state index in [0.717, 1.165) is 17.1 Å². The Balaban J connectivity index is 1.85. The van der Waals surface area contributed by atoms with Gasteiger partial charge >= 0.3 is 0 Å². The molecule has 1 spiro atoms. The first-order chi connectivity index (χ1) is 11.0. The van der Waals surface area contributed by atoms with Gasteiger partial charge in [0.25, 0.3) is 0 Å². The number of anilines is 1. The fraction of sp³-hybridized carbons (Fsp3) is 0.300. The normalized spacial score (nSPS) is 23.4. The SMILES string of the molecule is COc1ccc2c(c1)C=C[C@@]1(O2)N(C)c2ccccc2C1(C)C. The maximum atomic E-state index is 6.57. The van der Waals surface area contributed by atoms with Gasteiger partial charge in [-0.1, -0.05) is 18.2 Å². The van der Waals surface area contributed by atoms with Gasteiger partial charge in [-0.05, 0) is 55.8 Å². The van der Waals surface area contributed by atoms with E-state index in [1.807, 2.05) is 18.2 Å². The number of benzene rings is 2. The predicted octanol–water partition coefficient (Wildman–Crippen LogP) is 4.22. The molecule has 0 saturated heterocycles. The summed E-state index contributed by atoms with van der Waals surface area (Å²) in [6.45, 7) is 4.49. The number of rotatable bonds is 1. The zero-order valence-corrected chi connectivity index (χ0v) is 14.0. The van der Waals surface area contributed by atoms with Gasteiger partial charge in [0.15, 0.2) is 0 Å². The molecule has 0 aliphatic carbocycles. The Morgan fingerprint density at radius 1 is 1.09 bits per heavy atom. The van der Waals surface area contributed by atoms with Gasteiger partial charge in [-0.2, -0.15) is 0 Å². The summed E-state index contributed by atoms with van der Waals surface area (Å²) < 4.78 is 11.9. The Morgan fingerprint density at radius 3 is 2.61 bits per heavy atom. The Hall–Kier alpha value is -2.42. The van der Waals surface area contributed by atoms with Crippen molar-refractivity contribution in [1.82, 2.24) is 0 Å². The number of hydrogen-bond donors (Lipinski definition) is 0. The van der Waals surface area contributed by atoms with Crippen LogP contribution >= 0.6 is 0 Å². The highest BCUT2D eigenvalue weighted by Crippen LogP contribution is 2.54. The molecule has 0 bridgehead atoms. The molecule has 2 aromatic carbocycles. The molecule has 1 atom stereocenters. The summed E-state index contributed by atoms with van der Waals surface area (Å²) in [5.74, 6) is 1.73. The van der Waals surface area contributed by atoms with Crippen molar-refractivity contribution in [2.75, 3.05) is 19.1 Å². The molecule has 2 heterocycles. The highest BCUT2D eigenvalue weighted by atomic mass is 16.5. The van der Waals surface area contributed by atoms with Crippen LogP contribution in [0.4, 0.5) is 5.69 Å². The van der Waals surface area contributed by atoms with Crippen molar-refractivity contribution in [1.29, 1.82) is 0 Å². The van der Waals surface area contributed by atoms with E-state index < -0.39 is 5.72 Å². The van der Waals surface area contributed by atoms with E-state index in [1.54, 1.807) is 7.11 Å². The second-order valence-electron chi connectivity index (χ2n) is 6.74. The van der Waals surface area contributed by atoms with Crippen LogP contribution in [0.5, 0.6) is 11.5 Å². The number of methoxy groups -OCH3 is 1. The van der Waals surface area contributed by atoms with E-state index in [1.165, 1.54) is 11.3 Å². The summed E-state index contributed by atoms with van der Waals surface area (Å²) in [5.41, 5.74) is 2.91. The maximum Gasteiger partial charge on any atom is 0.211 e. The van der Waals surface area contributed by atoms with Crippen molar-refractivity contribution < 1.29 is 9.47 Å². The van der Waals surface area contributed by atoms with E-state index in [-0.39, 0.29) is 5.41 Å². The first-order valence-corrected chi connectivity index (χ1v) is 7.89. The molecule has 0 fully saturated rings. The predicted molar refractivity (Wildman–Crippen MR) is 93.3 cm³/mol. The Bertz CT molecular complexity index is 809. The highest BCUT2D eigenvalue weighted by molar-refractivity contribution is 5.72. The van der Waals surface area contributed by atoms with Crippen LogP contribution in [0.2, 0.25) is 0 Å². The topological polar surface area (TPSA) is 21.7 Å². The lowest BCUT2D eigenvalue weighted by Gasteiger charge is -2.45. The lowest BCUT2D eigenvalue weighted by Crippen LogP contribution is -2.58. The average Bonchev–Trinajstić information content (AvgIpc) is 2.74. The summed E-state index contributed by atoms with van der Waals surface area (Å²) in [7, 11) is 3.79. The van der Waals surface area contributed by atoms with Crippen LogP contribution in [0.3, 0.4) is 0 Å². The molecule has 3 nitrogen and oxygen atoms in total. The number of ether oxygens (including phenoxy) is 2. The van der Waals surface area contributed by atoms with Gasteiger partial charge in [-0.3, -0.25) is 0 Å². The molecule has 2 aliphatic heterocycles. The molecule has 2 aromatic rings. The lowest BCUT2D eigenvalue weighted by atomic mass is 9.76. The molecule has 0 aromatic heterocycles. The first-order valence-electron chi connectivity index (χ1n) is 7.89. The van der Waals surface area contributed by atoms with Gasteiger partial charge in [0.1, 0.15) is 11.5 Å². The smallest absolute Gasteiger partial charge is 0.211 e. The van der Waals surface area contributed by atoms with Crippen LogP contribution in [0.15, 0.2) is 48.5 Å². The van der Waals surface area contributed by atoms with Gasteiger partial charge in [-0.15, -0.1) is 0 Å². The molecule has 118 valence electrons. The molecule has 4 rings (SSSR count). The van der Waals surface area contributed by atoms with Crippen molar-refractivity contribution in [2.45, 2.75) is 25.0 Å². The third-order valence-corrected chi connectivity index (χ3v) is 5.30. The van der Waals surface area contributed by atoms with Gasteiger partial charge in [0.05, 0.1) is 12.5 Å². The van der Waals surface area contributed by atoms with Crippen molar-refractivity contribution >= 4 is 11.8 Å². The van der Waals surface area contributed by atoms with E-state index in [2.05, 4.69) is 62.2 Å². The fourth-order valence-corrected chi connectivity index (χ4v) is 3.88. The van der Waals surface area contributed by atoms with Crippen LogP contribution in [-0.4, -0.2) is 19.9 Å². The van der Waals surface area contributed by atoms with E-state index in [0.29, 0.717) is 0 Å². The van der Waals surface area contributed by atoms with Crippen LogP contribution in [-0.2, 0) is 5.41 Å². The molecule has 0 radical (unpaired) electrons. The van der Waals surface area contributed by atoms with Crippen LogP contribution in [0.25, 0.3) is 6.08 Å². The molecule has 0 N–H and O–H groups in total. The van der Waals surface area contributed by atoms with E-state index >= 15 is 0 Å². The lowest BCUT2D eigenvalue weighted by molar-refractivity contribution is 0.0581. The average molecular weight is 307 g/mol. The number of nitrogens with zero attached hydrogens (tertiary/aromatic N) is 1. The molecular formula is C20H21NO2. The molecule has 3 heteroatoms. The highest BCUT2D eigenvalue weighted by Gasteiger charge is 2.57. The minimum absolute atomic E-state index is 0.160. The molecule has 23 heavy (non-hydrogen) atoms. The molecule has 2 aliphatic rings. The van der Waals surface area contributed by atoms with Crippen molar-refractivity contribution in [3.8, 4) is 11.5 Å². The second-order valence-corrected chi connectivity index (χ2v) is 6.74. The molecular weight excluding hydrogens is 286 g/mol. The minimum Gasteiger partial charge on any atom is -0.497 e. The number of para-hydroxylation sites is 1. The van der Waals surface area contributed by atoms with Crippen LogP contribution in [0, 0.1) is 0 Å². The third-order valence-electron chi connectivity index (χ3n) is 5.30. The summed E-state index contributed by atoms with van der Waals surface area (Å²) in [6, 6.07) is 14.5. The van der Waals surface area contributed by atoms with Gasteiger partial charge in [-0.25, -0.2) is 0 Å². The van der Waals surface area contributed by atoms with Gasteiger partial charge in [0.2, 0.25) is 5.72 Å². The zero-order valence-electron chi connectivity index (χ0n) is 14.0. The zero-order chi connectivity index (χ0) is 16.2. The summed E-state index contributed by atoms with van der Waals surface area (Å²) in [6.07, 6.45) is 4.32. The van der Waals surface area contributed by atoms with Gasteiger partial charge < -0.3 is 14.4 Å². The van der Waals surface area contributed by atoms with Crippen LogP contribution < -0.4 is 14.4 Å². The number of fused-ring (bicyclic) bond motifs is 2.